The predicted molar refractivity (Wildman–Crippen MR) is 101 cm³/mol. The Labute approximate surface area is 150 Å². The summed E-state index contributed by atoms with van der Waals surface area (Å²) in [5.74, 6) is 0.735. The maximum Gasteiger partial charge on any atom is 0.304 e. The number of rotatable bonds is 8. The van der Waals surface area contributed by atoms with Gasteiger partial charge >= 0.3 is 5.97 Å². The smallest absolute Gasteiger partial charge is 0.304 e. The van der Waals surface area contributed by atoms with Crippen LogP contribution in [0, 0.1) is 11.8 Å². The van der Waals surface area contributed by atoms with Crippen molar-refractivity contribution in [3.8, 4) is 0 Å². The van der Waals surface area contributed by atoms with E-state index in [-0.39, 0.29) is 6.42 Å². The predicted octanol–water partition coefficient (Wildman–Crippen LogP) is 3.25. The Hall–Kier alpha value is -1.65. The van der Waals surface area contributed by atoms with Crippen molar-refractivity contribution < 1.29 is 9.90 Å². The molecule has 1 aromatic rings. The molecule has 2 aliphatic rings. The van der Waals surface area contributed by atoms with Crippen molar-refractivity contribution in [1.29, 1.82) is 0 Å². The molecule has 1 unspecified atom stereocenters. The highest BCUT2D eigenvalue weighted by atomic mass is 16.4. The van der Waals surface area contributed by atoms with Crippen molar-refractivity contribution in [1.82, 2.24) is 10.2 Å². The molecule has 25 heavy (non-hydrogen) atoms. The number of aliphatic carboxylic acids is 1. The van der Waals surface area contributed by atoms with Crippen molar-refractivity contribution in [2.75, 3.05) is 26.2 Å². The van der Waals surface area contributed by atoms with Crippen LogP contribution in [0.5, 0.6) is 0 Å². The van der Waals surface area contributed by atoms with Gasteiger partial charge in [-0.2, -0.15) is 0 Å². The topological polar surface area (TPSA) is 52.6 Å². The first-order chi connectivity index (χ1) is 12.1. The number of hydrogen-bond acceptors (Lipinski definition) is 3. The van der Waals surface area contributed by atoms with Gasteiger partial charge in [-0.05, 0) is 63.2 Å². The molecule has 0 amide bonds. The summed E-state index contributed by atoms with van der Waals surface area (Å²) in [6.45, 7) is 6.14. The highest BCUT2D eigenvalue weighted by molar-refractivity contribution is 5.66. The second-order valence-corrected chi connectivity index (χ2v) is 7.58. The summed E-state index contributed by atoms with van der Waals surface area (Å²) in [4.78, 5) is 12.9. The van der Waals surface area contributed by atoms with E-state index in [9.17, 15) is 4.79 Å². The first-order valence-electron chi connectivity index (χ1n) is 9.52. The third-order valence-electron chi connectivity index (χ3n) is 5.59. The monoisotopic (exact) mass is 342 g/mol. The Morgan fingerprint density at radius 1 is 1.28 bits per heavy atom. The van der Waals surface area contributed by atoms with Crippen LogP contribution in [0.1, 0.15) is 38.2 Å². The van der Waals surface area contributed by atoms with Gasteiger partial charge in [0.15, 0.2) is 0 Å². The van der Waals surface area contributed by atoms with Crippen LogP contribution in [-0.4, -0.2) is 48.2 Å². The van der Waals surface area contributed by atoms with Crippen LogP contribution in [0.25, 0.3) is 6.08 Å². The van der Waals surface area contributed by atoms with E-state index in [0.717, 1.165) is 25.6 Å². The van der Waals surface area contributed by atoms with Gasteiger partial charge in [-0.1, -0.05) is 42.0 Å². The van der Waals surface area contributed by atoms with Crippen LogP contribution in [0.4, 0.5) is 0 Å². The van der Waals surface area contributed by atoms with Gasteiger partial charge in [0.05, 0.1) is 6.42 Å². The molecule has 0 spiro atoms. The number of nitrogens with one attached hydrogen (secondary N) is 1. The molecule has 2 fully saturated rings. The van der Waals surface area contributed by atoms with Gasteiger partial charge < -0.3 is 15.3 Å². The number of nitrogens with zero attached hydrogens (tertiary/aromatic N) is 1. The van der Waals surface area contributed by atoms with Gasteiger partial charge in [-0.15, -0.1) is 0 Å². The summed E-state index contributed by atoms with van der Waals surface area (Å²) < 4.78 is 0. The van der Waals surface area contributed by atoms with E-state index in [1.54, 1.807) is 0 Å². The van der Waals surface area contributed by atoms with E-state index in [4.69, 9.17) is 5.11 Å². The summed E-state index contributed by atoms with van der Waals surface area (Å²) in [5, 5.41) is 12.5. The van der Waals surface area contributed by atoms with Gasteiger partial charge in [0.2, 0.25) is 0 Å². The number of carboxylic acid groups (broad SMARTS) is 1. The van der Waals surface area contributed by atoms with Gasteiger partial charge in [0, 0.05) is 12.6 Å². The van der Waals surface area contributed by atoms with E-state index in [1.165, 1.54) is 30.4 Å². The van der Waals surface area contributed by atoms with E-state index in [0.29, 0.717) is 18.5 Å². The fourth-order valence-corrected chi connectivity index (χ4v) is 3.83. The van der Waals surface area contributed by atoms with Gasteiger partial charge in [0.1, 0.15) is 0 Å². The third kappa shape index (κ3) is 5.68. The zero-order valence-corrected chi connectivity index (χ0v) is 15.2. The number of hydrogen-bond donors (Lipinski definition) is 2. The van der Waals surface area contributed by atoms with Gasteiger partial charge in [0.25, 0.3) is 0 Å². The molecule has 2 N–H and O–H groups in total. The highest BCUT2D eigenvalue weighted by Gasteiger charge is 2.38. The van der Waals surface area contributed by atoms with Crippen molar-refractivity contribution in [3.05, 3.63) is 41.5 Å². The molecule has 0 aromatic heterocycles. The van der Waals surface area contributed by atoms with Crippen molar-refractivity contribution in [2.45, 2.75) is 38.6 Å². The third-order valence-corrected chi connectivity index (χ3v) is 5.59. The number of benzene rings is 1. The van der Waals surface area contributed by atoms with Crippen molar-refractivity contribution >= 4 is 12.0 Å². The second-order valence-electron chi connectivity index (χ2n) is 7.58. The number of piperidine rings is 1. The lowest BCUT2D eigenvalue weighted by atomic mass is 9.96. The molecular weight excluding hydrogens is 312 g/mol. The van der Waals surface area contributed by atoms with Crippen LogP contribution in [-0.2, 0) is 4.79 Å². The molecule has 1 aliphatic carbocycles. The minimum Gasteiger partial charge on any atom is -0.481 e. The molecule has 0 radical (unpaired) electrons. The average molecular weight is 342 g/mol. The number of carbonyl (C=O) groups is 1. The molecular formula is C21H30N2O2. The lowest BCUT2D eigenvalue weighted by Gasteiger charge is -2.31. The Balaban J connectivity index is 1.34. The van der Waals surface area contributed by atoms with Crippen molar-refractivity contribution in [3.63, 3.8) is 0 Å². The first kappa shape index (κ1) is 18.2. The fraction of sp³-hybridized carbons (Fsp3) is 0.571. The largest absolute Gasteiger partial charge is 0.481 e. The van der Waals surface area contributed by atoms with E-state index in [1.807, 2.05) is 0 Å². The quantitative estimate of drug-likeness (QED) is 0.761. The van der Waals surface area contributed by atoms with Gasteiger partial charge in [-0.3, -0.25) is 4.79 Å². The van der Waals surface area contributed by atoms with E-state index < -0.39 is 5.97 Å². The molecule has 1 saturated carbocycles. The highest BCUT2D eigenvalue weighted by Crippen LogP contribution is 2.38. The molecule has 3 rings (SSSR count). The van der Waals surface area contributed by atoms with Crippen LogP contribution < -0.4 is 5.32 Å². The number of likely N-dealkylation sites (tertiary alicyclic amines) is 1. The molecule has 136 valence electrons. The molecule has 4 heteroatoms. The molecule has 1 saturated heterocycles. The Bertz CT molecular complexity index is 591. The maximum atomic E-state index is 10.7. The summed E-state index contributed by atoms with van der Waals surface area (Å²) in [5.41, 5.74) is 2.77. The first-order valence-corrected chi connectivity index (χ1v) is 9.52. The SMILES string of the molecule is CC(=Cc1ccccc1)C1C[C@@H]1NCC1CCN(CCC(=O)O)CC1. The summed E-state index contributed by atoms with van der Waals surface area (Å²) in [6.07, 6.45) is 6.20. The fourth-order valence-electron chi connectivity index (χ4n) is 3.83. The van der Waals surface area contributed by atoms with Crippen LogP contribution in [0.3, 0.4) is 0 Å². The summed E-state index contributed by atoms with van der Waals surface area (Å²) >= 11 is 0. The average Bonchev–Trinajstić information content (AvgIpc) is 3.40. The number of carboxylic acids is 1. The van der Waals surface area contributed by atoms with Crippen LogP contribution in [0.2, 0.25) is 0 Å². The normalized spacial score (nSPS) is 25.1. The molecule has 1 heterocycles. The van der Waals surface area contributed by atoms with Crippen LogP contribution in [0.15, 0.2) is 35.9 Å². The lowest BCUT2D eigenvalue weighted by Crippen LogP contribution is -2.38. The van der Waals surface area contributed by atoms with Crippen LogP contribution >= 0.6 is 0 Å². The lowest BCUT2D eigenvalue weighted by molar-refractivity contribution is -0.137. The van der Waals surface area contributed by atoms with Crippen molar-refractivity contribution in [2.24, 2.45) is 11.8 Å². The molecule has 1 aromatic carbocycles. The maximum absolute atomic E-state index is 10.7. The summed E-state index contributed by atoms with van der Waals surface area (Å²) in [7, 11) is 0. The Morgan fingerprint density at radius 3 is 2.68 bits per heavy atom. The Morgan fingerprint density at radius 2 is 2.00 bits per heavy atom. The second kappa shape index (κ2) is 8.63. The molecule has 2 atom stereocenters. The molecule has 1 aliphatic heterocycles. The zero-order valence-electron chi connectivity index (χ0n) is 15.2. The minimum atomic E-state index is -0.692. The molecule has 4 nitrogen and oxygen atoms in total. The van der Waals surface area contributed by atoms with Gasteiger partial charge in [-0.25, -0.2) is 0 Å². The summed E-state index contributed by atoms with van der Waals surface area (Å²) in [6, 6.07) is 11.2. The van der Waals surface area contributed by atoms with E-state index >= 15 is 0 Å². The minimum absolute atomic E-state index is 0.264. The Kier molecular flexibility index (Phi) is 6.27. The molecule has 0 bridgehead atoms. The standard InChI is InChI=1S/C21H30N2O2/c1-16(13-17-5-3-2-4-6-17)19-14-20(19)22-15-18-7-10-23(11-8-18)12-9-21(24)25/h2-6,13,18-20,22H,7-12,14-15H2,1H3,(H,24,25)/t19?,20-/m0/s1. The van der Waals surface area contributed by atoms with E-state index in [2.05, 4.69) is 53.5 Å². The zero-order chi connectivity index (χ0) is 17.6.